The van der Waals surface area contributed by atoms with Gasteiger partial charge in [0.25, 0.3) is 0 Å². The molecule has 1 aromatic rings. The van der Waals surface area contributed by atoms with Gasteiger partial charge in [0.2, 0.25) is 0 Å². The average molecular weight is 256 g/mol. The van der Waals surface area contributed by atoms with Crippen LogP contribution in [-0.4, -0.2) is 32.5 Å². The van der Waals surface area contributed by atoms with Crippen molar-refractivity contribution in [1.82, 2.24) is 9.97 Å². The Bertz CT molecular complexity index is 362. The van der Waals surface area contributed by atoms with Gasteiger partial charge in [0.15, 0.2) is 0 Å². The minimum atomic E-state index is 0.170. The Hall–Kier alpha value is -0.880. The third kappa shape index (κ3) is 3.94. The summed E-state index contributed by atoms with van der Waals surface area (Å²) in [5.41, 5.74) is 5.98. The molecule has 0 unspecified atom stereocenters. The molecule has 0 aliphatic carbocycles. The molecule has 3 N–H and O–H groups in total. The number of rotatable bonds is 5. The predicted molar refractivity (Wildman–Crippen MR) is 74.0 cm³/mol. The molecule has 0 bridgehead atoms. The molecular weight excluding hydrogens is 240 g/mol. The van der Waals surface area contributed by atoms with Gasteiger partial charge < -0.3 is 11.1 Å². The van der Waals surface area contributed by atoms with Crippen LogP contribution in [0.5, 0.6) is 0 Å². The van der Waals surface area contributed by atoms with Crippen molar-refractivity contribution in [3.8, 4) is 0 Å². The van der Waals surface area contributed by atoms with E-state index in [1.807, 2.05) is 0 Å². The highest BCUT2D eigenvalue weighted by atomic mass is 32.2. The van der Waals surface area contributed by atoms with Crippen LogP contribution in [0.2, 0.25) is 0 Å². The highest BCUT2D eigenvalue weighted by Crippen LogP contribution is 2.21. The van der Waals surface area contributed by atoms with E-state index in [1.54, 1.807) is 24.2 Å². The zero-order valence-electron chi connectivity index (χ0n) is 9.65. The minimum Gasteiger partial charge on any atom is -0.388 e. The monoisotopic (exact) mass is 256 g/mol. The van der Waals surface area contributed by atoms with Crippen LogP contribution in [0, 0.1) is 0 Å². The Morgan fingerprint density at radius 1 is 1.50 bits per heavy atom. The molecule has 1 rings (SSSR count). The molecule has 0 amide bonds. The highest BCUT2D eigenvalue weighted by Gasteiger charge is 2.15. The molecule has 0 saturated heterocycles. The number of nitrogens with one attached hydrogen (secondary N) is 1. The molecule has 0 spiro atoms. The van der Waals surface area contributed by atoms with E-state index in [9.17, 15) is 0 Å². The normalized spacial score (nSPS) is 11.2. The van der Waals surface area contributed by atoms with Crippen molar-refractivity contribution in [3.05, 3.63) is 18.1 Å². The van der Waals surface area contributed by atoms with Crippen molar-refractivity contribution in [2.45, 2.75) is 18.6 Å². The van der Waals surface area contributed by atoms with Crippen LogP contribution >= 0.6 is 24.0 Å². The van der Waals surface area contributed by atoms with E-state index in [2.05, 4.69) is 35.4 Å². The summed E-state index contributed by atoms with van der Waals surface area (Å²) in [5, 5.41) is 3.22. The second-order valence-electron chi connectivity index (χ2n) is 3.97. The van der Waals surface area contributed by atoms with E-state index in [0.29, 0.717) is 5.69 Å². The van der Waals surface area contributed by atoms with Crippen LogP contribution in [0.1, 0.15) is 19.5 Å². The fraction of sp³-hybridized carbons (Fsp3) is 0.500. The first-order valence-electron chi connectivity index (χ1n) is 4.85. The number of aromatic nitrogens is 2. The summed E-state index contributed by atoms with van der Waals surface area (Å²) in [6, 6.07) is 0. The van der Waals surface area contributed by atoms with Gasteiger partial charge >= 0.3 is 0 Å². The van der Waals surface area contributed by atoms with Gasteiger partial charge in [0.05, 0.1) is 12.4 Å². The maximum Gasteiger partial charge on any atom is 0.144 e. The van der Waals surface area contributed by atoms with Crippen LogP contribution in [0.15, 0.2) is 12.4 Å². The van der Waals surface area contributed by atoms with Crippen molar-refractivity contribution in [1.29, 1.82) is 0 Å². The zero-order chi connectivity index (χ0) is 12.2. The molecule has 0 aliphatic heterocycles. The molecular formula is C10H16N4S2. The van der Waals surface area contributed by atoms with Gasteiger partial charge in [-0.1, -0.05) is 12.2 Å². The smallest absolute Gasteiger partial charge is 0.144 e. The highest BCUT2D eigenvalue weighted by molar-refractivity contribution is 7.99. The van der Waals surface area contributed by atoms with Gasteiger partial charge in [0, 0.05) is 11.3 Å². The number of nitrogens with two attached hydrogens (primary N) is 1. The number of nitrogens with zero attached hydrogens (tertiary/aromatic N) is 2. The molecule has 6 heteroatoms. The predicted octanol–water partition coefficient (Wildman–Crippen LogP) is 1.66. The Morgan fingerprint density at radius 2 is 2.19 bits per heavy atom. The second-order valence-corrected chi connectivity index (χ2v) is 5.92. The van der Waals surface area contributed by atoms with Crippen LogP contribution in [0.4, 0.5) is 5.82 Å². The van der Waals surface area contributed by atoms with Crippen molar-refractivity contribution >= 4 is 34.8 Å². The molecule has 16 heavy (non-hydrogen) atoms. The van der Waals surface area contributed by atoms with Crippen molar-refractivity contribution in [3.63, 3.8) is 0 Å². The number of thiocarbonyl (C=S) groups is 1. The molecule has 1 heterocycles. The summed E-state index contributed by atoms with van der Waals surface area (Å²) in [7, 11) is 0. The molecule has 0 atom stereocenters. The molecule has 88 valence electrons. The van der Waals surface area contributed by atoms with Gasteiger partial charge in [-0.2, -0.15) is 11.8 Å². The van der Waals surface area contributed by atoms with E-state index < -0.39 is 0 Å². The van der Waals surface area contributed by atoms with Crippen molar-refractivity contribution in [2.75, 3.05) is 18.1 Å². The maximum atomic E-state index is 5.43. The van der Waals surface area contributed by atoms with Crippen LogP contribution in [-0.2, 0) is 0 Å². The van der Waals surface area contributed by atoms with Gasteiger partial charge in [-0.25, -0.2) is 9.97 Å². The second kappa shape index (κ2) is 5.45. The summed E-state index contributed by atoms with van der Waals surface area (Å²) in [4.78, 5) is 8.56. The lowest BCUT2D eigenvalue weighted by Crippen LogP contribution is -2.26. The first-order valence-corrected chi connectivity index (χ1v) is 6.49. The number of hydrogen-bond donors (Lipinski definition) is 2. The first-order chi connectivity index (χ1) is 7.44. The summed E-state index contributed by atoms with van der Waals surface area (Å²) in [6.07, 6.45) is 5.31. The van der Waals surface area contributed by atoms with E-state index in [-0.39, 0.29) is 9.74 Å². The lowest BCUT2D eigenvalue weighted by molar-refractivity contribution is 0.749. The summed E-state index contributed by atoms with van der Waals surface area (Å²) < 4.78 is 0.170. The van der Waals surface area contributed by atoms with E-state index in [4.69, 9.17) is 18.0 Å². The molecule has 4 nitrogen and oxygen atoms in total. The lowest BCUT2D eigenvalue weighted by atomic mass is 10.2. The third-order valence-electron chi connectivity index (χ3n) is 2.15. The Balaban J connectivity index is 2.59. The van der Waals surface area contributed by atoms with Crippen LogP contribution in [0.3, 0.4) is 0 Å². The molecule has 0 radical (unpaired) electrons. The van der Waals surface area contributed by atoms with E-state index in [1.165, 1.54) is 0 Å². The molecule has 0 aliphatic rings. The summed E-state index contributed by atoms with van der Waals surface area (Å²) in [6.45, 7) is 5.16. The Labute approximate surface area is 105 Å². The fourth-order valence-corrected chi connectivity index (χ4v) is 1.24. The quantitative estimate of drug-likeness (QED) is 0.781. The van der Waals surface area contributed by atoms with Crippen LogP contribution < -0.4 is 11.1 Å². The Morgan fingerprint density at radius 3 is 2.62 bits per heavy atom. The molecule has 0 saturated carbocycles. The van der Waals surface area contributed by atoms with Crippen LogP contribution in [0.25, 0.3) is 0 Å². The fourth-order valence-electron chi connectivity index (χ4n) is 0.922. The number of hydrogen-bond acceptors (Lipinski definition) is 5. The number of thioether (sulfide) groups is 1. The number of anilines is 1. The molecule has 0 fully saturated rings. The van der Waals surface area contributed by atoms with Gasteiger partial charge in [-0.3, -0.25) is 0 Å². The molecule has 0 aromatic carbocycles. The SMILES string of the molecule is CSC(C)(C)CNc1cnc(C(N)=S)cn1. The zero-order valence-corrected chi connectivity index (χ0v) is 11.3. The van der Waals surface area contributed by atoms with Gasteiger partial charge in [-0.15, -0.1) is 0 Å². The standard InChI is InChI=1S/C10H16N4S2/c1-10(2,16-3)6-14-8-5-12-7(4-13-8)9(11)15/h4-5H,6H2,1-3H3,(H2,11,15)(H,13,14). The average Bonchev–Trinajstić information content (AvgIpc) is 2.27. The first kappa shape index (κ1) is 13.2. The van der Waals surface area contributed by atoms with Gasteiger partial charge in [-0.05, 0) is 20.1 Å². The van der Waals surface area contributed by atoms with E-state index in [0.717, 1.165) is 12.4 Å². The Kier molecular flexibility index (Phi) is 4.49. The summed E-state index contributed by atoms with van der Waals surface area (Å²) in [5.74, 6) is 0.738. The molecule has 1 aromatic heterocycles. The third-order valence-corrected chi connectivity index (χ3v) is 3.61. The van der Waals surface area contributed by atoms with E-state index >= 15 is 0 Å². The maximum absolute atomic E-state index is 5.43. The van der Waals surface area contributed by atoms with Gasteiger partial charge in [0.1, 0.15) is 16.5 Å². The minimum absolute atomic E-state index is 0.170. The van der Waals surface area contributed by atoms with Crippen molar-refractivity contribution < 1.29 is 0 Å². The van der Waals surface area contributed by atoms with Crippen molar-refractivity contribution in [2.24, 2.45) is 5.73 Å². The largest absolute Gasteiger partial charge is 0.388 e. The summed E-state index contributed by atoms with van der Waals surface area (Å²) >= 11 is 6.60. The topological polar surface area (TPSA) is 63.8 Å². The lowest BCUT2D eigenvalue weighted by Gasteiger charge is -2.22.